The van der Waals surface area contributed by atoms with Gasteiger partial charge in [0.2, 0.25) is 6.41 Å². The van der Waals surface area contributed by atoms with Gasteiger partial charge in [-0.15, -0.1) is 0 Å². The minimum atomic E-state index is -2.66. The molecule has 0 heterocycles. The van der Waals surface area contributed by atoms with Gasteiger partial charge in [0.25, 0.3) is 0 Å². The molecule has 0 rings (SSSR count). The van der Waals surface area contributed by atoms with E-state index in [-0.39, 0.29) is 0 Å². The third-order valence-corrected chi connectivity index (χ3v) is 4.32. The van der Waals surface area contributed by atoms with Crippen molar-refractivity contribution in [1.29, 1.82) is 0 Å². The molecule has 0 saturated heterocycles. The molecule has 0 aliphatic carbocycles. The average molecular weight is 221 g/mol. The largest absolute Gasteiger partial charge is 0.521 e. The van der Waals surface area contributed by atoms with Crippen molar-refractivity contribution in [1.82, 2.24) is 5.32 Å². The van der Waals surface area contributed by atoms with Crippen LogP contribution in [0.5, 0.6) is 0 Å². The molecule has 14 heavy (non-hydrogen) atoms. The molecule has 0 fully saturated rings. The highest BCUT2D eigenvalue weighted by Gasteiger charge is 2.40. The van der Waals surface area contributed by atoms with E-state index in [4.69, 9.17) is 13.3 Å². The highest BCUT2D eigenvalue weighted by atomic mass is 28.4. The van der Waals surface area contributed by atoms with Crippen LogP contribution in [0.2, 0.25) is 0 Å². The first-order valence-electron chi connectivity index (χ1n) is 4.83. The highest BCUT2D eigenvalue weighted by molar-refractivity contribution is 6.61. The first-order chi connectivity index (χ1) is 6.74. The molecule has 0 aromatic rings. The van der Waals surface area contributed by atoms with Crippen LogP contribution in [0.15, 0.2) is 0 Å². The number of hydrogen-bond donors (Lipinski definition) is 1. The van der Waals surface area contributed by atoms with Crippen molar-refractivity contribution >= 4 is 15.2 Å². The second-order valence-corrected chi connectivity index (χ2v) is 5.07. The summed E-state index contributed by atoms with van der Waals surface area (Å²) < 4.78 is 16.5. The highest BCUT2D eigenvalue weighted by Crippen LogP contribution is 2.08. The summed E-state index contributed by atoms with van der Waals surface area (Å²) in [6, 6.07) is 0. The summed E-state index contributed by atoms with van der Waals surface area (Å²) in [6.07, 6.45) is 0.949. The van der Waals surface area contributed by atoms with E-state index in [1.807, 2.05) is 20.8 Å². The van der Waals surface area contributed by atoms with E-state index in [2.05, 4.69) is 5.32 Å². The van der Waals surface area contributed by atoms with Crippen LogP contribution < -0.4 is 5.32 Å². The zero-order valence-electron chi connectivity index (χ0n) is 9.04. The van der Waals surface area contributed by atoms with E-state index in [0.717, 1.165) is 0 Å². The van der Waals surface area contributed by atoms with Crippen LogP contribution >= 0.6 is 0 Å². The van der Waals surface area contributed by atoms with Crippen LogP contribution in [-0.2, 0) is 18.1 Å². The third-order valence-electron chi connectivity index (χ3n) is 1.49. The van der Waals surface area contributed by atoms with Crippen LogP contribution in [0.1, 0.15) is 20.8 Å². The first-order valence-corrected chi connectivity index (χ1v) is 6.76. The maximum atomic E-state index is 10.2. The molecule has 0 aromatic carbocycles. The quantitative estimate of drug-likeness (QED) is 0.450. The zero-order valence-corrected chi connectivity index (χ0v) is 10.0. The molecule has 0 unspecified atom stereocenters. The summed E-state index contributed by atoms with van der Waals surface area (Å²) in [4.78, 5) is 10.2. The number of nitrogens with one attached hydrogen (secondary N) is 1. The van der Waals surface area contributed by atoms with Crippen LogP contribution in [0.4, 0.5) is 0 Å². The Balaban J connectivity index is 4.28. The van der Waals surface area contributed by atoms with Crippen molar-refractivity contribution < 1.29 is 18.1 Å². The Bertz CT molecular complexity index is 139. The predicted molar refractivity (Wildman–Crippen MR) is 54.7 cm³/mol. The molecule has 5 nitrogen and oxygen atoms in total. The van der Waals surface area contributed by atoms with Gasteiger partial charge in [0.05, 0.1) is 6.17 Å². The fraction of sp³-hybridized carbons (Fsp3) is 0.875. The lowest BCUT2D eigenvalue weighted by Crippen LogP contribution is -2.54. The molecule has 1 amide bonds. The Labute approximate surface area is 86.1 Å². The van der Waals surface area contributed by atoms with Gasteiger partial charge in [0, 0.05) is 19.8 Å². The maximum absolute atomic E-state index is 10.2. The monoisotopic (exact) mass is 221 g/mol. The summed E-state index contributed by atoms with van der Waals surface area (Å²) in [5, 5.41) is 2.55. The van der Waals surface area contributed by atoms with Crippen molar-refractivity contribution in [3.8, 4) is 0 Å². The van der Waals surface area contributed by atoms with Crippen molar-refractivity contribution in [2.75, 3.05) is 26.0 Å². The molecular weight excluding hydrogens is 202 g/mol. The van der Waals surface area contributed by atoms with Crippen molar-refractivity contribution in [3.63, 3.8) is 0 Å². The normalized spacial score (nSPS) is 11.4. The molecule has 0 aliphatic rings. The molecule has 0 atom stereocenters. The lowest BCUT2D eigenvalue weighted by Gasteiger charge is -2.27. The fourth-order valence-electron chi connectivity index (χ4n) is 1.10. The van der Waals surface area contributed by atoms with E-state index in [0.29, 0.717) is 32.4 Å². The van der Waals surface area contributed by atoms with Crippen molar-refractivity contribution in [2.45, 2.75) is 20.8 Å². The SMILES string of the molecule is CCO[Si](CNC=O)(OCC)OCC. The molecule has 0 aliphatic heterocycles. The number of carbonyl (C=O) groups excluding carboxylic acids is 1. The molecule has 0 aromatic heterocycles. The van der Waals surface area contributed by atoms with Gasteiger partial charge in [-0.2, -0.15) is 0 Å². The number of rotatable bonds is 9. The minimum absolute atomic E-state index is 0.325. The molecular formula is C8H19NO4Si. The summed E-state index contributed by atoms with van der Waals surface area (Å²) in [5.41, 5.74) is 0. The maximum Gasteiger partial charge on any atom is 0.521 e. The lowest BCUT2D eigenvalue weighted by atomic mass is 10.9. The molecule has 1 N–H and O–H groups in total. The smallest absolute Gasteiger partial charge is 0.373 e. The van der Waals surface area contributed by atoms with Gasteiger partial charge in [0.1, 0.15) is 0 Å². The van der Waals surface area contributed by atoms with Gasteiger partial charge in [-0.1, -0.05) is 0 Å². The molecule has 0 spiro atoms. The molecule has 0 bridgehead atoms. The molecule has 6 heteroatoms. The van der Waals surface area contributed by atoms with E-state index in [1.165, 1.54) is 0 Å². The van der Waals surface area contributed by atoms with E-state index < -0.39 is 8.80 Å². The van der Waals surface area contributed by atoms with E-state index in [1.54, 1.807) is 0 Å². The number of hydrogen-bond acceptors (Lipinski definition) is 4. The van der Waals surface area contributed by atoms with Crippen LogP contribution in [0.3, 0.4) is 0 Å². The van der Waals surface area contributed by atoms with E-state index in [9.17, 15) is 4.79 Å². The van der Waals surface area contributed by atoms with Gasteiger partial charge in [-0.3, -0.25) is 4.79 Å². The van der Waals surface area contributed by atoms with Gasteiger partial charge in [0.15, 0.2) is 0 Å². The molecule has 0 saturated carbocycles. The van der Waals surface area contributed by atoms with Crippen LogP contribution in [0, 0.1) is 0 Å². The molecule has 0 radical (unpaired) electrons. The topological polar surface area (TPSA) is 56.8 Å². The standard InChI is InChI=1S/C8H19NO4Si/c1-4-11-14(12-5-2,13-6-3)8-9-7-10/h7H,4-6,8H2,1-3H3,(H,9,10). The number of amides is 1. The Hall–Kier alpha value is -0.433. The summed E-state index contributed by atoms with van der Waals surface area (Å²) in [6.45, 7) is 7.19. The second kappa shape index (κ2) is 7.92. The zero-order chi connectivity index (χ0) is 10.9. The summed E-state index contributed by atoms with van der Waals surface area (Å²) in [7, 11) is -2.66. The third kappa shape index (κ3) is 4.71. The Morgan fingerprint density at radius 2 is 1.50 bits per heavy atom. The lowest BCUT2D eigenvalue weighted by molar-refractivity contribution is -0.109. The van der Waals surface area contributed by atoms with E-state index >= 15 is 0 Å². The minimum Gasteiger partial charge on any atom is -0.373 e. The summed E-state index contributed by atoms with van der Waals surface area (Å²) in [5.74, 6) is 0. The van der Waals surface area contributed by atoms with Crippen LogP contribution in [-0.4, -0.2) is 41.2 Å². The fourth-order valence-corrected chi connectivity index (χ4v) is 3.31. The number of carbonyl (C=O) groups is 1. The second-order valence-electron chi connectivity index (χ2n) is 2.48. The Morgan fingerprint density at radius 3 is 1.79 bits per heavy atom. The van der Waals surface area contributed by atoms with Crippen LogP contribution in [0.25, 0.3) is 0 Å². The average Bonchev–Trinajstić information content (AvgIpc) is 2.16. The van der Waals surface area contributed by atoms with Gasteiger partial charge in [-0.05, 0) is 20.8 Å². The van der Waals surface area contributed by atoms with Crippen molar-refractivity contribution in [3.05, 3.63) is 0 Å². The van der Waals surface area contributed by atoms with Crippen molar-refractivity contribution in [2.24, 2.45) is 0 Å². The van der Waals surface area contributed by atoms with Gasteiger partial charge < -0.3 is 18.6 Å². The van der Waals surface area contributed by atoms with Gasteiger partial charge in [-0.25, -0.2) is 0 Å². The predicted octanol–water partition coefficient (Wildman–Crippen LogP) is 0.320. The Kier molecular flexibility index (Phi) is 7.68. The summed E-state index contributed by atoms with van der Waals surface area (Å²) >= 11 is 0. The molecule has 84 valence electrons. The first kappa shape index (κ1) is 13.6. The Morgan fingerprint density at radius 1 is 1.07 bits per heavy atom. The van der Waals surface area contributed by atoms with Gasteiger partial charge >= 0.3 is 8.80 Å².